The number of anilines is 1. The number of carbonyl (C=O) groups excluding carboxylic acids is 2. The Morgan fingerprint density at radius 3 is 2.46 bits per heavy atom. The van der Waals surface area contributed by atoms with E-state index in [9.17, 15) is 18.0 Å². The smallest absolute Gasteiger partial charge is 0.264 e. The molecule has 0 atom stereocenters. The van der Waals surface area contributed by atoms with Crippen molar-refractivity contribution in [1.82, 2.24) is 9.71 Å². The fourth-order valence-electron chi connectivity index (χ4n) is 2.02. The van der Waals surface area contributed by atoms with Gasteiger partial charge in [-0.2, -0.15) is 0 Å². The number of carbonyl (C=O) groups is 2. The van der Waals surface area contributed by atoms with Gasteiger partial charge in [-0.05, 0) is 31.0 Å². The third kappa shape index (κ3) is 4.51. The molecule has 24 heavy (non-hydrogen) atoms. The lowest BCUT2D eigenvalue weighted by atomic mass is 10.3. The van der Waals surface area contributed by atoms with E-state index in [0.717, 1.165) is 6.42 Å². The van der Waals surface area contributed by atoms with E-state index < -0.39 is 15.9 Å². The molecule has 7 nitrogen and oxygen atoms in total. The van der Waals surface area contributed by atoms with Crippen molar-refractivity contribution in [3.8, 4) is 0 Å². The van der Waals surface area contributed by atoms with Crippen molar-refractivity contribution in [3.63, 3.8) is 0 Å². The molecule has 0 fully saturated rings. The standard InChI is InChI=1S/C15H19N3O4S2/c1-3-5-13(19)17-15-16-11-8-7-10(9-12(11)23-15)24(21,22)18-14(20)6-4-2/h7-9H,3-6H2,1-2H3,(H,18,20)(H,16,17,19). The zero-order valence-electron chi connectivity index (χ0n) is 13.5. The fourth-order valence-corrected chi connectivity index (χ4v) is 4.06. The Hall–Kier alpha value is -2.00. The van der Waals surface area contributed by atoms with Crippen molar-refractivity contribution >= 4 is 48.5 Å². The molecule has 0 aliphatic carbocycles. The average molecular weight is 369 g/mol. The number of hydrogen-bond donors (Lipinski definition) is 2. The van der Waals surface area contributed by atoms with E-state index in [4.69, 9.17) is 0 Å². The second kappa shape index (κ2) is 7.71. The highest BCUT2D eigenvalue weighted by molar-refractivity contribution is 7.90. The number of benzene rings is 1. The molecule has 1 aromatic heterocycles. The van der Waals surface area contributed by atoms with Gasteiger partial charge in [-0.3, -0.25) is 9.59 Å². The monoisotopic (exact) mass is 369 g/mol. The molecule has 1 heterocycles. The Bertz CT molecular complexity index is 859. The molecule has 0 aliphatic heterocycles. The van der Waals surface area contributed by atoms with Crippen LogP contribution in [0.15, 0.2) is 23.1 Å². The summed E-state index contributed by atoms with van der Waals surface area (Å²) >= 11 is 1.19. The first-order valence-corrected chi connectivity index (χ1v) is 9.91. The molecular formula is C15H19N3O4S2. The molecule has 2 rings (SSSR count). The van der Waals surface area contributed by atoms with Gasteiger partial charge < -0.3 is 5.32 Å². The number of rotatable bonds is 7. The van der Waals surface area contributed by atoms with Crippen LogP contribution >= 0.6 is 11.3 Å². The summed E-state index contributed by atoms with van der Waals surface area (Å²) in [5.74, 6) is -0.661. The highest BCUT2D eigenvalue weighted by Gasteiger charge is 2.18. The number of nitrogens with zero attached hydrogens (tertiary/aromatic N) is 1. The van der Waals surface area contributed by atoms with Gasteiger partial charge in [0.15, 0.2) is 5.13 Å². The lowest BCUT2D eigenvalue weighted by molar-refractivity contribution is -0.119. The van der Waals surface area contributed by atoms with E-state index in [1.54, 1.807) is 13.0 Å². The molecule has 2 amide bonds. The third-order valence-corrected chi connectivity index (χ3v) is 5.42. The van der Waals surface area contributed by atoms with Gasteiger partial charge >= 0.3 is 0 Å². The first kappa shape index (κ1) is 18.3. The largest absolute Gasteiger partial charge is 0.302 e. The maximum atomic E-state index is 12.2. The van der Waals surface area contributed by atoms with Crippen LogP contribution in [0.2, 0.25) is 0 Å². The minimum absolute atomic E-state index is 0.00506. The fraction of sp³-hybridized carbons (Fsp3) is 0.400. The molecular weight excluding hydrogens is 350 g/mol. The Kier molecular flexibility index (Phi) is 5.89. The minimum Gasteiger partial charge on any atom is -0.302 e. The van der Waals surface area contributed by atoms with Crippen LogP contribution in [0.4, 0.5) is 5.13 Å². The third-order valence-electron chi connectivity index (χ3n) is 3.12. The lowest BCUT2D eigenvalue weighted by Crippen LogP contribution is -2.30. The average Bonchev–Trinajstić information content (AvgIpc) is 2.88. The van der Waals surface area contributed by atoms with Crippen LogP contribution < -0.4 is 10.0 Å². The van der Waals surface area contributed by atoms with Crippen molar-refractivity contribution in [3.05, 3.63) is 18.2 Å². The van der Waals surface area contributed by atoms with Crippen LogP contribution in [-0.4, -0.2) is 25.2 Å². The van der Waals surface area contributed by atoms with Crippen LogP contribution in [0.1, 0.15) is 39.5 Å². The van der Waals surface area contributed by atoms with E-state index in [2.05, 4.69) is 10.3 Å². The highest BCUT2D eigenvalue weighted by Crippen LogP contribution is 2.28. The van der Waals surface area contributed by atoms with Crippen LogP contribution in [0.25, 0.3) is 10.2 Å². The second-order valence-corrected chi connectivity index (χ2v) is 7.94. The maximum absolute atomic E-state index is 12.2. The molecule has 2 aromatic rings. The highest BCUT2D eigenvalue weighted by atomic mass is 32.2. The summed E-state index contributed by atoms with van der Waals surface area (Å²) in [4.78, 5) is 27.4. The van der Waals surface area contributed by atoms with Crippen LogP contribution in [0.3, 0.4) is 0 Å². The van der Waals surface area contributed by atoms with Crippen LogP contribution in [0.5, 0.6) is 0 Å². The Morgan fingerprint density at radius 2 is 1.79 bits per heavy atom. The first-order valence-electron chi connectivity index (χ1n) is 7.61. The van der Waals surface area contributed by atoms with E-state index in [-0.39, 0.29) is 17.2 Å². The number of sulfonamides is 1. The van der Waals surface area contributed by atoms with E-state index in [1.165, 1.54) is 23.5 Å². The van der Waals surface area contributed by atoms with Gasteiger partial charge in [0.1, 0.15) is 0 Å². The predicted octanol–water partition coefficient (Wildman–Crippen LogP) is 2.64. The topological polar surface area (TPSA) is 105 Å². The van der Waals surface area contributed by atoms with Crippen molar-refractivity contribution < 1.29 is 18.0 Å². The quantitative estimate of drug-likeness (QED) is 0.780. The summed E-state index contributed by atoms with van der Waals surface area (Å²) in [5, 5.41) is 3.11. The van der Waals surface area contributed by atoms with Crippen LogP contribution in [-0.2, 0) is 19.6 Å². The molecule has 1 aromatic carbocycles. The number of hydrogen-bond acceptors (Lipinski definition) is 6. The van der Waals surface area contributed by atoms with E-state index in [0.29, 0.717) is 28.2 Å². The van der Waals surface area contributed by atoms with Gasteiger partial charge in [0.2, 0.25) is 11.8 Å². The lowest BCUT2D eigenvalue weighted by Gasteiger charge is -2.05. The number of fused-ring (bicyclic) bond motifs is 1. The molecule has 0 spiro atoms. The van der Waals surface area contributed by atoms with Crippen molar-refractivity contribution in [2.75, 3.05) is 5.32 Å². The summed E-state index contributed by atoms with van der Waals surface area (Å²) in [7, 11) is -3.90. The normalized spacial score (nSPS) is 11.4. The molecule has 0 saturated carbocycles. The molecule has 2 N–H and O–H groups in total. The molecule has 0 aliphatic rings. The van der Waals surface area contributed by atoms with Crippen molar-refractivity contribution in [2.45, 2.75) is 44.4 Å². The van der Waals surface area contributed by atoms with Gasteiger partial charge in [-0.1, -0.05) is 25.2 Å². The molecule has 0 saturated heterocycles. The summed E-state index contributed by atoms with van der Waals surface area (Å²) in [6.45, 7) is 3.70. The predicted molar refractivity (Wildman–Crippen MR) is 93.4 cm³/mol. The zero-order valence-corrected chi connectivity index (χ0v) is 15.1. The number of amides is 2. The summed E-state index contributed by atoms with van der Waals surface area (Å²) in [6, 6.07) is 4.39. The molecule has 0 unspecified atom stereocenters. The summed E-state index contributed by atoms with van der Waals surface area (Å²) in [5.41, 5.74) is 0.589. The summed E-state index contributed by atoms with van der Waals surface area (Å²) in [6.07, 6.45) is 1.85. The second-order valence-electron chi connectivity index (χ2n) is 5.23. The van der Waals surface area contributed by atoms with Gasteiger partial charge in [-0.25, -0.2) is 18.1 Å². The SMILES string of the molecule is CCCC(=O)Nc1nc2ccc(S(=O)(=O)NC(=O)CCC)cc2s1. The van der Waals surface area contributed by atoms with Gasteiger partial charge in [0, 0.05) is 12.8 Å². The van der Waals surface area contributed by atoms with Gasteiger partial charge in [-0.15, -0.1) is 0 Å². The number of aromatic nitrogens is 1. The Morgan fingerprint density at radius 1 is 1.12 bits per heavy atom. The molecule has 9 heteroatoms. The number of nitrogens with one attached hydrogen (secondary N) is 2. The minimum atomic E-state index is -3.90. The van der Waals surface area contributed by atoms with E-state index in [1.807, 2.05) is 11.6 Å². The van der Waals surface area contributed by atoms with Gasteiger partial charge in [0.05, 0.1) is 15.1 Å². The Labute approximate surface area is 144 Å². The Balaban J connectivity index is 2.24. The summed E-state index contributed by atoms with van der Waals surface area (Å²) < 4.78 is 27.1. The molecule has 0 bridgehead atoms. The molecule has 130 valence electrons. The zero-order chi connectivity index (χ0) is 17.7. The van der Waals surface area contributed by atoms with E-state index >= 15 is 0 Å². The first-order chi connectivity index (χ1) is 11.4. The number of thiazole rings is 1. The van der Waals surface area contributed by atoms with Crippen LogP contribution in [0, 0.1) is 0 Å². The maximum Gasteiger partial charge on any atom is 0.264 e. The van der Waals surface area contributed by atoms with Crippen molar-refractivity contribution in [1.29, 1.82) is 0 Å². The van der Waals surface area contributed by atoms with Gasteiger partial charge in [0.25, 0.3) is 10.0 Å². The van der Waals surface area contributed by atoms with Crippen molar-refractivity contribution in [2.24, 2.45) is 0 Å². The molecule has 0 radical (unpaired) electrons.